The molecule has 5 nitrogen and oxygen atoms in total. The van der Waals surface area contributed by atoms with Gasteiger partial charge in [0.25, 0.3) is 5.91 Å². The van der Waals surface area contributed by atoms with Crippen LogP contribution in [-0.4, -0.2) is 22.4 Å². The summed E-state index contributed by atoms with van der Waals surface area (Å²) in [5.41, 5.74) is 3.42. The third-order valence-corrected chi connectivity index (χ3v) is 4.31. The molecule has 24 heavy (non-hydrogen) atoms. The molecule has 0 atom stereocenters. The molecule has 3 aromatic rings. The standard InChI is InChI=1S/C18H14ClN3O2/c19-14-1-2-16-13(9-14)3-5-22(18(16)23)15-7-12(10-20-11-15)8-17-21-4-6-24-17/h1-2,4,6-7,9-11H,3,5,8H2. The van der Waals surface area contributed by atoms with Crippen LogP contribution in [0.15, 0.2) is 53.5 Å². The maximum Gasteiger partial charge on any atom is 0.258 e. The first-order valence-corrected chi connectivity index (χ1v) is 8.01. The maximum atomic E-state index is 12.8. The lowest BCUT2D eigenvalue weighted by molar-refractivity contribution is 0.0980. The lowest BCUT2D eigenvalue weighted by Crippen LogP contribution is -2.37. The average molecular weight is 340 g/mol. The number of hydrogen-bond acceptors (Lipinski definition) is 4. The SMILES string of the molecule is O=C1c2ccc(Cl)cc2CCN1c1cncc(Cc2ncco2)c1. The number of carbonyl (C=O) groups is 1. The van der Waals surface area contributed by atoms with Gasteiger partial charge >= 0.3 is 0 Å². The molecule has 0 aliphatic carbocycles. The largest absolute Gasteiger partial charge is 0.449 e. The molecule has 1 amide bonds. The number of amides is 1. The minimum atomic E-state index is -0.0250. The van der Waals surface area contributed by atoms with Crippen LogP contribution < -0.4 is 4.90 Å². The number of aromatic nitrogens is 2. The zero-order chi connectivity index (χ0) is 16.5. The predicted molar refractivity (Wildman–Crippen MR) is 90.4 cm³/mol. The van der Waals surface area contributed by atoms with E-state index in [0.29, 0.717) is 29.4 Å². The molecule has 1 aromatic carbocycles. The summed E-state index contributed by atoms with van der Waals surface area (Å²) in [5.74, 6) is 0.599. The second kappa shape index (κ2) is 6.09. The number of anilines is 1. The van der Waals surface area contributed by atoms with Crippen molar-refractivity contribution in [3.8, 4) is 0 Å². The third kappa shape index (κ3) is 2.78. The molecule has 1 aliphatic heterocycles. The van der Waals surface area contributed by atoms with E-state index in [1.807, 2.05) is 12.1 Å². The van der Waals surface area contributed by atoms with Gasteiger partial charge in [0.05, 0.1) is 24.5 Å². The van der Waals surface area contributed by atoms with E-state index in [1.165, 1.54) is 0 Å². The Bertz CT molecular complexity index is 893. The molecule has 120 valence electrons. The van der Waals surface area contributed by atoms with Crippen molar-refractivity contribution in [3.05, 3.63) is 76.7 Å². The van der Waals surface area contributed by atoms with Gasteiger partial charge in [-0.3, -0.25) is 9.78 Å². The number of carbonyl (C=O) groups excluding carboxylic acids is 1. The summed E-state index contributed by atoms with van der Waals surface area (Å²) in [6.45, 7) is 0.607. The summed E-state index contributed by atoms with van der Waals surface area (Å²) in [6, 6.07) is 7.36. The Morgan fingerprint density at radius 3 is 3.00 bits per heavy atom. The zero-order valence-corrected chi connectivity index (χ0v) is 13.5. The Kier molecular flexibility index (Phi) is 3.78. The highest BCUT2D eigenvalue weighted by atomic mass is 35.5. The first kappa shape index (κ1) is 14.9. The Hall–Kier alpha value is -2.66. The van der Waals surface area contributed by atoms with Gasteiger partial charge in [0.1, 0.15) is 6.26 Å². The van der Waals surface area contributed by atoms with Gasteiger partial charge in [-0.2, -0.15) is 0 Å². The third-order valence-electron chi connectivity index (χ3n) is 4.08. The molecule has 0 bridgehead atoms. The summed E-state index contributed by atoms with van der Waals surface area (Å²) in [5, 5.41) is 0.657. The van der Waals surface area contributed by atoms with E-state index in [9.17, 15) is 4.79 Å². The Morgan fingerprint density at radius 2 is 2.17 bits per heavy atom. The van der Waals surface area contributed by atoms with E-state index in [4.69, 9.17) is 16.0 Å². The molecule has 2 aromatic heterocycles. The van der Waals surface area contributed by atoms with Crippen molar-refractivity contribution in [3.63, 3.8) is 0 Å². The molecule has 0 fully saturated rings. The molecule has 4 rings (SSSR count). The molecule has 6 heteroatoms. The van der Waals surface area contributed by atoms with Gasteiger partial charge in [-0.05, 0) is 41.8 Å². The number of fused-ring (bicyclic) bond motifs is 1. The number of nitrogens with zero attached hydrogens (tertiary/aromatic N) is 3. The molecular formula is C18H14ClN3O2. The van der Waals surface area contributed by atoms with Crippen LogP contribution in [0.5, 0.6) is 0 Å². The molecule has 3 heterocycles. The molecule has 0 saturated heterocycles. The van der Waals surface area contributed by atoms with Crippen LogP contribution in [0.1, 0.15) is 27.4 Å². The average Bonchev–Trinajstić information content (AvgIpc) is 3.08. The molecule has 0 N–H and O–H groups in total. The first-order chi connectivity index (χ1) is 11.7. The normalized spacial score (nSPS) is 13.9. The summed E-state index contributed by atoms with van der Waals surface area (Å²) >= 11 is 6.02. The number of halogens is 1. The fraction of sp³-hybridized carbons (Fsp3) is 0.167. The molecule has 0 unspecified atom stereocenters. The molecule has 1 aliphatic rings. The summed E-state index contributed by atoms with van der Waals surface area (Å²) in [7, 11) is 0. The van der Waals surface area contributed by atoms with E-state index in [2.05, 4.69) is 9.97 Å². The van der Waals surface area contributed by atoms with E-state index in [-0.39, 0.29) is 5.91 Å². The van der Waals surface area contributed by atoms with E-state index >= 15 is 0 Å². The van der Waals surface area contributed by atoms with Crippen LogP contribution in [-0.2, 0) is 12.8 Å². The number of hydrogen-bond donors (Lipinski definition) is 0. The highest BCUT2D eigenvalue weighted by molar-refractivity contribution is 6.30. The minimum Gasteiger partial charge on any atom is -0.449 e. The topological polar surface area (TPSA) is 59.2 Å². The van der Waals surface area contributed by atoms with E-state index < -0.39 is 0 Å². The number of rotatable bonds is 3. The van der Waals surface area contributed by atoms with Gasteiger partial charge in [-0.15, -0.1) is 0 Å². The summed E-state index contributed by atoms with van der Waals surface area (Å²) in [4.78, 5) is 22.9. The molecule has 0 saturated carbocycles. The Balaban J connectivity index is 1.62. The van der Waals surface area contributed by atoms with E-state index in [0.717, 1.165) is 23.2 Å². The van der Waals surface area contributed by atoms with Gasteiger partial charge < -0.3 is 9.32 Å². The monoisotopic (exact) mass is 339 g/mol. The van der Waals surface area contributed by atoms with Crippen LogP contribution >= 0.6 is 11.6 Å². The van der Waals surface area contributed by atoms with Crippen molar-refractivity contribution >= 4 is 23.2 Å². The van der Waals surface area contributed by atoms with Crippen molar-refractivity contribution < 1.29 is 9.21 Å². The van der Waals surface area contributed by atoms with E-state index in [1.54, 1.807) is 41.9 Å². The van der Waals surface area contributed by atoms with Crippen LogP contribution in [0.25, 0.3) is 0 Å². The van der Waals surface area contributed by atoms with Gasteiger partial charge in [-0.25, -0.2) is 4.98 Å². The second-order valence-electron chi connectivity index (χ2n) is 5.66. The van der Waals surface area contributed by atoms with Crippen molar-refractivity contribution in [2.24, 2.45) is 0 Å². The van der Waals surface area contributed by atoms with Gasteiger partial charge in [0, 0.05) is 23.3 Å². The Morgan fingerprint density at radius 1 is 1.25 bits per heavy atom. The number of oxazole rings is 1. The van der Waals surface area contributed by atoms with Crippen LogP contribution in [0.4, 0.5) is 5.69 Å². The lowest BCUT2D eigenvalue weighted by Gasteiger charge is -2.28. The van der Waals surface area contributed by atoms with Crippen molar-refractivity contribution in [1.29, 1.82) is 0 Å². The van der Waals surface area contributed by atoms with Gasteiger partial charge in [0.15, 0.2) is 5.89 Å². The van der Waals surface area contributed by atoms with Gasteiger partial charge in [-0.1, -0.05) is 11.6 Å². The number of pyridine rings is 1. The van der Waals surface area contributed by atoms with Crippen molar-refractivity contribution in [2.75, 3.05) is 11.4 Å². The van der Waals surface area contributed by atoms with Crippen molar-refractivity contribution in [2.45, 2.75) is 12.8 Å². The van der Waals surface area contributed by atoms with Crippen LogP contribution in [0, 0.1) is 0 Å². The van der Waals surface area contributed by atoms with Crippen molar-refractivity contribution in [1.82, 2.24) is 9.97 Å². The second-order valence-corrected chi connectivity index (χ2v) is 6.10. The van der Waals surface area contributed by atoms with Crippen LogP contribution in [0.2, 0.25) is 5.02 Å². The fourth-order valence-electron chi connectivity index (χ4n) is 2.94. The minimum absolute atomic E-state index is 0.0250. The summed E-state index contributed by atoms with van der Waals surface area (Å²) in [6.07, 6.45) is 7.94. The Labute approximate surface area is 143 Å². The number of benzene rings is 1. The predicted octanol–water partition coefficient (Wildman–Crippen LogP) is 3.52. The molecule has 0 spiro atoms. The first-order valence-electron chi connectivity index (χ1n) is 7.63. The fourth-order valence-corrected chi connectivity index (χ4v) is 3.13. The maximum absolute atomic E-state index is 12.8. The highest BCUT2D eigenvalue weighted by Crippen LogP contribution is 2.27. The molecule has 0 radical (unpaired) electrons. The highest BCUT2D eigenvalue weighted by Gasteiger charge is 2.26. The molecular weight excluding hydrogens is 326 g/mol. The zero-order valence-electron chi connectivity index (χ0n) is 12.8. The summed E-state index contributed by atoms with van der Waals surface area (Å²) < 4.78 is 5.27. The van der Waals surface area contributed by atoms with Crippen LogP contribution in [0.3, 0.4) is 0 Å². The lowest BCUT2D eigenvalue weighted by atomic mass is 9.98. The quantitative estimate of drug-likeness (QED) is 0.732. The van der Waals surface area contributed by atoms with Gasteiger partial charge in [0.2, 0.25) is 0 Å². The smallest absolute Gasteiger partial charge is 0.258 e.